The number of nitrogens with zero attached hydrogens (tertiary/aromatic N) is 1. The van der Waals surface area contributed by atoms with Crippen molar-refractivity contribution in [3.63, 3.8) is 0 Å². The van der Waals surface area contributed by atoms with Gasteiger partial charge in [0.05, 0.1) is 21.9 Å². The van der Waals surface area contributed by atoms with Gasteiger partial charge in [0.1, 0.15) is 0 Å². The first-order chi connectivity index (χ1) is 10.8. The zero-order valence-corrected chi connectivity index (χ0v) is 14.4. The summed E-state index contributed by atoms with van der Waals surface area (Å²) in [5.41, 5.74) is -2.44. The molecule has 0 aliphatic carbocycles. The van der Waals surface area contributed by atoms with Crippen molar-refractivity contribution in [2.24, 2.45) is 5.41 Å². The molecule has 1 atom stereocenters. The number of anilines is 1. The third-order valence-corrected chi connectivity index (χ3v) is 5.06. The fraction of sp³-hybridized carbons (Fsp3) is 0.562. The van der Waals surface area contributed by atoms with Crippen LogP contribution in [0, 0.1) is 5.41 Å². The van der Waals surface area contributed by atoms with E-state index < -0.39 is 28.8 Å². The second kappa shape index (κ2) is 6.11. The van der Waals surface area contributed by atoms with Crippen LogP contribution in [-0.2, 0) is 6.18 Å². The number of alkyl halides is 3. The van der Waals surface area contributed by atoms with Crippen molar-refractivity contribution < 1.29 is 23.1 Å². The summed E-state index contributed by atoms with van der Waals surface area (Å²) < 4.78 is 38.4. The first-order valence-corrected chi connectivity index (χ1v) is 7.86. The van der Waals surface area contributed by atoms with Crippen molar-refractivity contribution >= 4 is 23.3 Å². The van der Waals surface area contributed by atoms with Crippen molar-refractivity contribution in [2.75, 3.05) is 18.4 Å². The number of amides is 2. The molecule has 0 unspecified atom stereocenters. The fourth-order valence-corrected chi connectivity index (χ4v) is 2.75. The molecule has 1 heterocycles. The van der Waals surface area contributed by atoms with E-state index in [1.807, 2.05) is 13.8 Å². The van der Waals surface area contributed by atoms with Crippen molar-refractivity contribution in [1.29, 1.82) is 0 Å². The normalized spacial score (nSPS) is 23.9. The standard InChI is InChI=1S/C16H20ClF3N2O2/c1-14(2)9-22(7-6-15(14,3)24)13(23)21-12-8-10(16(18,19)20)4-5-11(12)17/h4-5,8,24H,6-7,9H2,1-3H3,(H,21,23)/t15-/m0/s1. The zero-order valence-electron chi connectivity index (χ0n) is 13.7. The summed E-state index contributed by atoms with van der Waals surface area (Å²) in [6.07, 6.45) is -4.14. The molecule has 2 N–H and O–H groups in total. The summed E-state index contributed by atoms with van der Waals surface area (Å²) in [6, 6.07) is 2.23. The lowest BCUT2D eigenvalue weighted by Crippen LogP contribution is -2.57. The molecule has 1 aromatic rings. The highest BCUT2D eigenvalue weighted by Crippen LogP contribution is 2.39. The van der Waals surface area contributed by atoms with E-state index in [4.69, 9.17) is 11.6 Å². The number of nitrogens with one attached hydrogen (secondary N) is 1. The summed E-state index contributed by atoms with van der Waals surface area (Å²) in [7, 11) is 0. The number of halogens is 4. The summed E-state index contributed by atoms with van der Waals surface area (Å²) in [5.74, 6) is 0. The van der Waals surface area contributed by atoms with Gasteiger partial charge < -0.3 is 15.3 Å². The number of hydrogen-bond donors (Lipinski definition) is 2. The Kier molecular flexibility index (Phi) is 4.80. The lowest BCUT2D eigenvalue weighted by molar-refractivity contribution is -0.137. The van der Waals surface area contributed by atoms with E-state index in [0.29, 0.717) is 13.0 Å². The van der Waals surface area contributed by atoms with Gasteiger partial charge in [-0.3, -0.25) is 0 Å². The lowest BCUT2D eigenvalue weighted by Gasteiger charge is -2.48. The predicted octanol–water partition coefficient (Wildman–Crippen LogP) is 4.37. The van der Waals surface area contributed by atoms with E-state index >= 15 is 0 Å². The van der Waals surface area contributed by atoms with Crippen LogP contribution in [0.4, 0.5) is 23.7 Å². The van der Waals surface area contributed by atoms with Crippen molar-refractivity contribution in [2.45, 2.75) is 39.0 Å². The number of rotatable bonds is 1. The molecule has 4 nitrogen and oxygen atoms in total. The molecule has 1 fully saturated rings. The fourth-order valence-electron chi connectivity index (χ4n) is 2.58. The number of benzene rings is 1. The molecule has 0 bridgehead atoms. The highest BCUT2D eigenvalue weighted by molar-refractivity contribution is 6.33. The highest BCUT2D eigenvalue weighted by Gasteiger charge is 2.45. The van der Waals surface area contributed by atoms with Gasteiger partial charge in [0.25, 0.3) is 0 Å². The van der Waals surface area contributed by atoms with Crippen LogP contribution < -0.4 is 5.32 Å². The van der Waals surface area contributed by atoms with Gasteiger partial charge >= 0.3 is 12.2 Å². The smallest absolute Gasteiger partial charge is 0.389 e. The molecule has 134 valence electrons. The van der Waals surface area contributed by atoms with Gasteiger partial charge in [0.2, 0.25) is 0 Å². The minimum Gasteiger partial charge on any atom is -0.389 e. The van der Waals surface area contributed by atoms with Crippen LogP contribution in [0.5, 0.6) is 0 Å². The molecule has 2 amide bonds. The van der Waals surface area contributed by atoms with Crippen LogP contribution in [-0.4, -0.2) is 34.7 Å². The Hall–Kier alpha value is -1.47. The minimum atomic E-state index is -4.52. The first-order valence-electron chi connectivity index (χ1n) is 7.48. The first kappa shape index (κ1) is 18.9. The van der Waals surface area contributed by atoms with Gasteiger partial charge in [-0.2, -0.15) is 13.2 Å². The van der Waals surface area contributed by atoms with Gasteiger partial charge in [0, 0.05) is 18.5 Å². The van der Waals surface area contributed by atoms with E-state index in [2.05, 4.69) is 5.32 Å². The molecular formula is C16H20ClF3N2O2. The molecule has 1 aromatic carbocycles. The molecular weight excluding hydrogens is 345 g/mol. The van der Waals surface area contributed by atoms with E-state index in [9.17, 15) is 23.1 Å². The minimum absolute atomic E-state index is 0.0274. The molecule has 1 saturated heterocycles. The van der Waals surface area contributed by atoms with Crippen LogP contribution >= 0.6 is 11.6 Å². The maximum Gasteiger partial charge on any atom is 0.416 e. The number of piperidine rings is 1. The van der Waals surface area contributed by atoms with Crippen LogP contribution in [0.3, 0.4) is 0 Å². The Labute approximate surface area is 143 Å². The number of hydrogen-bond acceptors (Lipinski definition) is 2. The predicted molar refractivity (Wildman–Crippen MR) is 86.1 cm³/mol. The number of aliphatic hydroxyl groups is 1. The Morgan fingerprint density at radius 3 is 2.50 bits per heavy atom. The van der Waals surface area contributed by atoms with Crippen LogP contribution in [0.2, 0.25) is 5.02 Å². The molecule has 0 saturated carbocycles. The second-order valence-electron chi connectivity index (χ2n) is 6.95. The highest BCUT2D eigenvalue weighted by atomic mass is 35.5. The van der Waals surface area contributed by atoms with Gasteiger partial charge in [-0.25, -0.2) is 4.79 Å². The largest absolute Gasteiger partial charge is 0.416 e. The molecule has 1 aliphatic rings. The summed E-state index contributed by atoms with van der Waals surface area (Å²) in [6.45, 7) is 5.97. The third kappa shape index (κ3) is 3.78. The van der Waals surface area contributed by atoms with Crippen molar-refractivity contribution in [3.05, 3.63) is 28.8 Å². The van der Waals surface area contributed by atoms with Crippen molar-refractivity contribution in [1.82, 2.24) is 4.90 Å². The van der Waals surface area contributed by atoms with Gasteiger partial charge in [0.15, 0.2) is 0 Å². The molecule has 24 heavy (non-hydrogen) atoms. The van der Waals surface area contributed by atoms with Gasteiger partial charge in [-0.05, 0) is 31.5 Å². The zero-order chi connectivity index (χ0) is 18.3. The molecule has 8 heteroatoms. The van der Waals surface area contributed by atoms with Gasteiger partial charge in [-0.15, -0.1) is 0 Å². The molecule has 2 rings (SSSR count). The lowest BCUT2D eigenvalue weighted by atomic mass is 9.71. The van der Waals surface area contributed by atoms with E-state index in [1.165, 1.54) is 4.90 Å². The van der Waals surface area contributed by atoms with E-state index in [0.717, 1.165) is 18.2 Å². The van der Waals surface area contributed by atoms with E-state index in [1.54, 1.807) is 6.92 Å². The average Bonchev–Trinajstić information content (AvgIpc) is 2.43. The van der Waals surface area contributed by atoms with Gasteiger partial charge in [-0.1, -0.05) is 25.4 Å². The quantitative estimate of drug-likeness (QED) is 0.777. The Bertz CT molecular complexity index is 645. The average molecular weight is 365 g/mol. The third-order valence-electron chi connectivity index (χ3n) is 4.74. The van der Waals surface area contributed by atoms with Crippen molar-refractivity contribution in [3.8, 4) is 0 Å². The Morgan fingerprint density at radius 1 is 1.33 bits per heavy atom. The number of urea groups is 1. The summed E-state index contributed by atoms with van der Waals surface area (Å²) >= 11 is 5.89. The Morgan fingerprint density at radius 2 is 1.96 bits per heavy atom. The second-order valence-corrected chi connectivity index (χ2v) is 7.36. The molecule has 0 aromatic heterocycles. The van der Waals surface area contributed by atoms with Crippen LogP contribution in [0.15, 0.2) is 18.2 Å². The molecule has 0 radical (unpaired) electrons. The van der Waals surface area contributed by atoms with Crippen LogP contribution in [0.25, 0.3) is 0 Å². The monoisotopic (exact) mass is 364 g/mol. The Balaban J connectivity index is 2.16. The SMILES string of the molecule is CC1(C)CN(C(=O)Nc2cc(C(F)(F)F)ccc2Cl)CC[C@]1(C)O. The topological polar surface area (TPSA) is 52.6 Å². The van der Waals surface area contributed by atoms with Crippen LogP contribution in [0.1, 0.15) is 32.8 Å². The number of likely N-dealkylation sites (tertiary alicyclic amines) is 1. The maximum absolute atomic E-state index is 12.8. The number of carbonyl (C=O) groups excluding carboxylic acids is 1. The maximum atomic E-state index is 12.8. The summed E-state index contributed by atoms with van der Waals surface area (Å²) in [5, 5.41) is 12.8. The van der Waals surface area contributed by atoms with E-state index in [-0.39, 0.29) is 17.3 Å². The molecule has 1 aliphatic heterocycles. The number of carbonyl (C=O) groups is 1. The molecule has 0 spiro atoms. The summed E-state index contributed by atoms with van der Waals surface area (Å²) in [4.78, 5) is 13.8.